The maximum atomic E-state index is 12.1. The number of benzene rings is 12. The van der Waals surface area contributed by atoms with E-state index in [1.54, 1.807) is 0 Å². The zero-order chi connectivity index (χ0) is 58.9. The summed E-state index contributed by atoms with van der Waals surface area (Å²) in [6.07, 6.45) is 8.99. The molecule has 2 heterocycles. The number of rotatable bonds is 20. The lowest BCUT2D eigenvalue weighted by atomic mass is 9.91. The highest BCUT2D eigenvalue weighted by Crippen LogP contribution is 2.41. The minimum Gasteiger partial charge on any atom is -0.507 e. The monoisotopic (exact) mass is 1160 g/mol. The van der Waals surface area contributed by atoms with Crippen molar-refractivity contribution in [2.75, 3.05) is 13.2 Å². The fourth-order valence-corrected chi connectivity index (χ4v) is 13.4. The summed E-state index contributed by atoms with van der Waals surface area (Å²) in [7, 11) is 0. The highest BCUT2D eigenvalue weighted by atomic mass is 16.5. The fraction of sp³-hybridized carbons (Fsp3) is 0.211. The van der Waals surface area contributed by atoms with Crippen LogP contribution in [0.4, 0.5) is 0 Å². The Bertz CT molecular complexity index is 4420. The highest BCUT2D eigenvalue weighted by Gasteiger charge is 2.22. The molecule has 0 atom stereocenters. The van der Waals surface area contributed by atoms with E-state index in [-0.39, 0.29) is 11.5 Å². The number of fused-ring (bicyclic) bond motifs is 8. The summed E-state index contributed by atoms with van der Waals surface area (Å²) in [5.74, 6) is 2.08. The van der Waals surface area contributed by atoms with Gasteiger partial charge in [-0.15, -0.1) is 10.2 Å². The number of aryl methyl sites for hydroxylation is 2. The second kappa shape index (κ2) is 24.1. The molecule has 2 N–H and O–H groups in total. The van der Waals surface area contributed by atoms with Gasteiger partial charge in [0, 0.05) is 38.8 Å². The smallest absolute Gasteiger partial charge is 0.126 e. The number of unbranched alkanes of at least 4 members (excludes halogenated alkanes) is 2. The molecule has 1 aliphatic rings. The number of hydrogen-bond donors (Lipinski definition) is 2. The minimum absolute atomic E-state index is 0.264. The van der Waals surface area contributed by atoms with Crippen LogP contribution in [-0.4, -0.2) is 53.4 Å². The fourth-order valence-electron chi connectivity index (χ4n) is 13.4. The third-order valence-electron chi connectivity index (χ3n) is 17.8. The molecule has 436 valence electrons. The number of aromatic nitrogens is 6. The average molecular weight is 1160 g/mol. The van der Waals surface area contributed by atoms with E-state index < -0.39 is 0 Å². The van der Waals surface area contributed by atoms with Crippen molar-refractivity contribution in [1.29, 1.82) is 0 Å². The Balaban J connectivity index is 0.573. The molecule has 0 radical (unpaired) electrons. The number of para-hydroxylation sites is 4. The number of ether oxygens (including phenoxy) is 4. The van der Waals surface area contributed by atoms with E-state index in [0.717, 1.165) is 104 Å². The van der Waals surface area contributed by atoms with E-state index in [9.17, 15) is 10.2 Å². The summed E-state index contributed by atoms with van der Waals surface area (Å²) in [5, 5.41) is 57.0. The van der Waals surface area contributed by atoms with Crippen molar-refractivity contribution < 1.29 is 29.2 Å². The molecule has 0 unspecified atom stereocenters. The van der Waals surface area contributed by atoms with Crippen LogP contribution in [-0.2, 0) is 74.7 Å². The molecule has 8 bridgehead atoms. The molecule has 14 aromatic rings. The Hall–Kier alpha value is -9.88. The first kappa shape index (κ1) is 54.8. The summed E-state index contributed by atoms with van der Waals surface area (Å²) in [5.41, 5.74) is 11.0. The second-order valence-electron chi connectivity index (χ2n) is 23.6. The topological polar surface area (TPSA) is 139 Å². The lowest BCUT2D eigenvalue weighted by molar-refractivity contribution is 0.105. The molecular formula is C76H66N6O6. The molecule has 12 heteroatoms. The van der Waals surface area contributed by atoms with Gasteiger partial charge in [0.05, 0.1) is 52.0 Å². The van der Waals surface area contributed by atoms with Gasteiger partial charge in [0.2, 0.25) is 0 Å². The van der Waals surface area contributed by atoms with E-state index in [1.165, 1.54) is 64.6 Å². The van der Waals surface area contributed by atoms with Crippen molar-refractivity contribution in [3.8, 4) is 23.0 Å². The molecule has 0 amide bonds. The lowest BCUT2D eigenvalue weighted by Crippen LogP contribution is -2.08. The first-order valence-electron chi connectivity index (χ1n) is 30.7. The van der Waals surface area contributed by atoms with Crippen molar-refractivity contribution in [2.45, 2.75) is 90.9 Å². The zero-order valence-corrected chi connectivity index (χ0v) is 49.0. The summed E-state index contributed by atoms with van der Waals surface area (Å²) in [4.78, 5) is 0. The second-order valence-corrected chi connectivity index (χ2v) is 23.6. The highest BCUT2D eigenvalue weighted by molar-refractivity contribution is 6.24. The van der Waals surface area contributed by atoms with Crippen molar-refractivity contribution >= 4 is 64.6 Å². The molecular weight excluding hydrogens is 1090 g/mol. The number of phenolic OH excluding ortho intramolecular Hbond substituents is 2. The van der Waals surface area contributed by atoms with Crippen molar-refractivity contribution in [1.82, 2.24) is 30.0 Å². The Morgan fingerprint density at radius 1 is 0.341 bits per heavy atom. The van der Waals surface area contributed by atoms with Crippen molar-refractivity contribution in [3.05, 3.63) is 261 Å². The van der Waals surface area contributed by atoms with Crippen LogP contribution >= 0.6 is 0 Å². The summed E-state index contributed by atoms with van der Waals surface area (Å²) >= 11 is 0. The molecule has 1 aliphatic carbocycles. The largest absolute Gasteiger partial charge is 0.507 e. The van der Waals surface area contributed by atoms with Crippen LogP contribution in [0.5, 0.6) is 23.0 Å². The number of nitrogens with zero attached hydrogens (tertiary/aromatic N) is 6. The van der Waals surface area contributed by atoms with Crippen molar-refractivity contribution in [3.63, 3.8) is 0 Å². The van der Waals surface area contributed by atoms with E-state index in [0.29, 0.717) is 78.4 Å². The van der Waals surface area contributed by atoms with Crippen LogP contribution in [0.2, 0.25) is 0 Å². The molecule has 0 saturated heterocycles. The molecule has 0 fully saturated rings. The van der Waals surface area contributed by atoms with Gasteiger partial charge in [-0.25, -0.2) is 0 Å². The molecule has 0 spiro atoms. The van der Waals surface area contributed by atoms with E-state index in [1.807, 2.05) is 70.3 Å². The van der Waals surface area contributed by atoms with Crippen LogP contribution < -0.4 is 9.47 Å². The molecule has 15 rings (SSSR count). The lowest BCUT2D eigenvalue weighted by Gasteiger charge is -2.20. The van der Waals surface area contributed by atoms with Gasteiger partial charge in [-0.1, -0.05) is 192 Å². The first-order valence-corrected chi connectivity index (χ1v) is 30.7. The van der Waals surface area contributed by atoms with Crippen LogP contribution in [0.15, 0.2) is 194 Å². The maximum Gasteiger partial charge on any atom is 0.126 e. The van der Waals surface area contributed by atoms with Gasteiger partial charge in [-0.2, -0.15) is 0 Å². The third-order valence-corrected chi connectivity index (χ3v) is 17.8. The maximum absolute atomic E-state index is 12.1. The van der Waals surface area contributed by atoms with Gasteiger partial charge in [-0.05, 0) is 146 Å². The van der Waals surface area contributed by atoms with Gasteiger partial charge in [0.25, 0.3) is 0 Å². The summed E-state index contributed by atoms with van der Waals surface area (Å²) in [6.45, 7) is 4.01. The molecule has 2 aromatic heterocycles. The number of aromatic hydroxyl groups is 2. The van der Waals surface area contributed by atoms with Gasteiger partial charge in [0.15, 0.2) is 0 Å². The van der Waals surface area contributed by atoms with Crippen LogP contribution in [0.3, 0.4) is 0 Å². The Morgan fingerprint density at radius 2 is 0.670 bits per heavy atom. The molecule has 0 saturated carbocycles. The standard InChI is InChI=1S/C76H66N6O6/c83-73-55-15-7-17-57(73)41-61-21-10-22-62(76(61)88-38-4-2-36-82-44-66(78-80-82)48-86-46-64-30-28-54-26-24-50-12-6-14-52-32-34-68(64)72(54)70(50)52)42-58-18-8-16-56(74(58)84)40-60-20-9-19-59(39-55)75(60)87-37-3-1-35-81-43-65(77-79-81)47-85-45-63-29-27-53-25-23-49-11-5-13-51-31-33-67(63)71(53)69(49)51/h5-34,43-44,83-84H,1-4,35-42,45-48H2. The number of hydrogen-bond acceptors (Lipinski definition) is 10. The van der Waals surface area contributed by atoms with E-state index >= 15 is 0 Å². The van der Waals surface area contributed by atoms with Gasteiger partial charge >= 0.3 is 0 Å². The van der Waals surface area contributed by atoms with E-state index in [2.05, 4.69) is 154 Å². The Morgan fingerprint density at radius 3 is 1.06 bits per heavy atom. The van der Waals surface area contributed by atoms with Gasteiger partial charge < -0.3 is 29.2 Å². The Labute approximate surface area is 509 Å². The van der Waals surface area contributed by atoms with Gasteiger partial charge in [-0.3, -0.25) is 9.36 Å². The van der Waals surface area contributed by atoms with E-state index in [4.69, 9.17) is 18.9 Å². The third kappa shape index (κ3) is 10.9. The predicted octanol–water partition coefficient (Wildman–Crippen LogP) is 15.9. The summed E-state index contributed by atoms with van der Waals surface area (Å²) < 4.78 is 29.8. The average Bonchev–Trinajstić information content (AvgIpc) is 3.08. The zero-order valence-electron chi connectivity index (χ0n) is 49.0. The predicted molar refractivity (Wildman–Crippen MR) is 347 cm³/mol. The van der Waals surface area contributed by atoms with Crippen LogP contribution in [0, 0.1) is 0 Å². The molecule has 88 heavy (non-hydrogen) atoms. The Kier molecular flexibility index (Phi) is 15.0. The van der Waals surface area contributed by atoms with Crippen LogP contribution in [0.1, 0.15) is 92.7 Å². The van der Waals surface area contributed by atoms with Gasteiger partial charge in [0.1, 0.15) is 34.4 Å². The molecule has 12 nitrogen and oxygen atoms in total. The first-order chi connectivity index (χ1) is 43.4. The minimum atomic E-state index is 0.264. The molecule has 0 aliphatic heterocycles. The normalized spacial score (nSPS) is 12.6. The quantitative estimate of drug-likeness (QED) is 0.0560. The molecule has 12 aromatic carbocycles. The van der Waals surface area contributed by atoms with Crippen LogP contribution in [0.25, 0.3) is 64.6 Å². The number of phenols is 2. The van der Waals surface area contributed by atoms with Crippen molar-refractivity contribution in [2.24, 2.45) is 0 Å². The summed E-state index contributed by atoms with van der Waals surface area (Å²) in [6, 6.07) is 63.8. The SMILES string of the molecule is Oc1c2cccc1Cc1cccc(c1OCCCCn1cc(COCc3ccc4ccc5cccc6ccc3c4c56)nn1)Cc1cccc(c1O)Cc1cccc(c1OCCCCn1cc(COCc3ccc4ccc5cccc6ccc3c4c56)nn1)C2.